The van der Waals surface area contributed by atoms with E-state index in [9.17, 15) is 4.79 Å². The lowest BCUT2D eigenvalue weighted by Gasteiger charge is -2.13. The summed E-state index contributed by atoms with van der Waals surface area (Å²) in [5, 5.41) is 2.82. The molecule has 122 valence electrons. The van der Waals surface area contributed by atoms with Crippen LogP contribution in [0.1, 0.15) is 18.4 Å². The molecule has 1 aromatic carbocycles. The van der Waals surface area contributed by atoms with Crippen molar-refractivity contribution in [3.8, 4) is 11.5 Å². The number of nitrogens with two attached hydrogens (primary N) is 1. The van der Waals surface area contributed by atoms with Crippen molar-refractivity contribution in [1.82, 2.24) is 4.98 Å². The van der Waals surface area contributed by atoms with Gasteiger partial charge in [0.1, 0.15) is 6.61 Å². The molecule has 2 aromatic rings. The lowest BCUT2D eigenvalue weighted by atomic mass is 10.2. The molecule has 0 radical (unpaired) electrons. The van der Waals surface area contributed by atoms with E-state index in [2.05, 4.69) is 10.3 Å². The fraction of sp³-hybridized carbons (Fsp3) is 0.294. The average Bonchev–Trinajstić information content (AvgIpc) is 2.59. The third kappa shape index (κ3) is 5.27. The number of aromatic nitrogens is 1. The van der Waals surface area contributed by atoms with Crippen molar-refractivity contribution in [2.24, 2.45) is 5.73 Å². The van der Waals surface area contributed by atoms with Gasteiger partial charge in [0.2, 0.25) is 5.91 Å². The molecule has 0 atom stereocenters. The third-order valence-electron chi connectivity index (χ3n) is 3.17. The van der Waals surface area contributed by atoms with Gasteiger partial charge >= 0.3 is 0 Å². The number of benzene rings is 1. The van der Waals surface area contributed by atoms with Crippen LogP contribution in [-0.2, 0) is 11.4 Å². The highest BCUT2D eigenvalue weighted by Crippen LogP contribution is 2.31. The lowest BCUT2D eigenvalue weighted by molar-refractivity contribution is -0.116. The van der Waals surface area contributed by atoms with E-state index >= 15 is 0 Å². The number of nitrogens with one attached hydrogen (secondary N) is 1. The SMILES string of the molecule is COc1ccc(NC(=O)CCCN)cc1OCc1cccnc1. The monoisotopic (exact) mass is 315 g/mol. The second-order valence-electron chi connectivity index (χ2n) is 4.96. The molecule has 0 aliphatic heterocycles. The molecule has 1 aromatic heterocycles. The van der Waals surface area contributed by atoms with Crippen LogP contribution >= 0.6 is 0 Å². The first-order valence-electron chi connectivity index (χ1n) is 7.42. The highest BCUT2D eigenvalue weighted by molar-refractivity contribution is 5.91. The average molecular weight is 315 g/mol. The quantitative estimate of drug-likeness (QED) is 0.781. The zero-order chi connectivity index (χ0) is 16.5. The molecule has 0 bridgehead atoms. The van der Waals surface area contributed by atoms with Crippen LogP contribution in [0.2, 0.25) is 0 Å². The Kier molecular flexibility index (Phi) is 6.38. The largest absolute Gasteiger partial charge is 0.493 e. The predicted molar refractivity (Wildman–Crippen MR) is 88.5 cm³/mol. The van der Waals surface area contributed by atoms with Crippen molar-refractivity contribution >= 4 is 11.6 Å². The van der Waals surface area contributed by atoms with Crippen molar-refractivity contribution in [2.45, 2.75) is 19.4 Å². The van der Waals surface area contributed by atoms with Crippen LogP contribution in [0.4, 0.5) is 5.69 Å². The summed E-state index contributed by atoms with van der Waals surface area (Å²) in [5.74, 6) is 1.10. The molecule has 1 amide bonds. The lowest BCUT2D eigenvalue weighted by Crippen LogP contribution is -2.13. The highest BCUT2D eigenvalue weighted by atomic mass is 16.5. The number of anilines is 1. The molecule has 23 heavy (non-hydrogen) atoms. The van der Waals surface area contributed by atoms with Gasteiger partial charge in [0.15, 0.2) is 11.5 Å². The van der Waals surface area contributed by atoms with E-state index in [1.54, 1.807) is 37.7 Å². The molecular formula is C17H21N3O3. The minimum atomic E-state index is -0.0705. The van der Waals surface area contributed by atoms with Crippen molar-refractivity contribution in [3.05, 3.63) is 48.3 Å². The summed E-state index contributed by atoms with van der Waals surface area (Å²) in [6.45, 7) is 0.865. The van der Waals surface area contributed by atoms with E-state index in [1.807, 2.05) is 12.1 Å². The molecule has 0 spiro atoms. The van der Waals surface area contributed by atoms with Gasteiger partial charge in [0.25, 0.3) is 0 Å². The Morgan fingerprint density at radius 2 is 2.17 bits per heavy atom. The summed E-state index contributed by atoms with van der Waals surface area (Å²) in [4.78, 5) is 15.8. The zero-order valence-electron chi connectivity index (χ0n) is 13.1. The summed E-state index contributed by atoms with van der Waals surface area (Å²) >= 11 is 0. The molecule has 6 heteroatoms. The number of hydrogen-bond acceptors (Lipinski definition) is 5. The van der Waals surface area contributed by atoms with E-state index in [0.717, 1.165) is 5.56 Å². The topological polar surface area (TPSA) is 86.5 Å². The normalized spacial score (nSPS) is 10.2. The number of amides is 1. The van der Waals surface area contributed by atoms with Crippen LogP contribution in [-0.4, -0.2) is 24.5 Å². The van der Waals surface area contributed by atoms with Crippen LogP contribution in [0.5, 0.6) is 11.5 Å². The first kappa shape index (κ1) is 16.8. The summed E-state index contributed by atoms with van der Waals surface area (Å²) < 4.78 is 11.1. The van der Waals surface area contributed by atoms with Crippen molar-refractivity contribution in [2.75, 3.05) is 19.0 Å². The van der Waals surface area contributed by atoms with E-state index in [4.69, 9.17) is 15.2 Å². The predicted octanol–water partition coefficient (Wildman–Crippen LogP) is 2.35. The Hall–Kier alpha value is -2.60. The number of carbonyl (C=O) groups excluding carboxylic acids is 1. The summed E-state index contributed by atoms with van der Waals surface area (Å²) in [6, 6.07) is 9.06. The molecule has 1 heterocycles. The highest BCUT2D eigenvalue weighted by Gasteiger charge is 2.08. The van der Waals surface area contributed by atoms with E-state index in [1.165, 1.54) is 0 Å². The van der Waals surface area contributed by atoms with Gasteiger partial charge in [0.05, 0.1) is 7.11 Å². The third-order valence-corrected chi connectivity index (χ3v) is 3.17. The Morgan fingerprint density at radius 3 is 2.87 bits per heavy atom. The maximum Gasteiger partial charge on any atom is 0.224 e. The van der Waals surface area contributed by atoms with Gasteiger partial charge < -0.3 is 20.5 Å². The number of pyridine rings is 1. The summed E-state index contributed by atoms with van der Waals surface area (Å²) in [5.41, 5.74) is 7.02. The summed E-state index contributed by atoms with van der Waals surface area (Å²) in [6.07, 6.45) is 4.51. The van der Waals surface area contributed by atoms with Gasteiger partial charge in [-0.05, 0) is 31.2 Å². The number of rotatable bonds is 8. The number of nitrogens with zero attached hydrogens (tertiary/aromatic N) is 1. The van der Waals surface area contributed by atoms with Gasteiger partial charge in [-0.1, -0.05) is 6.07 Å². The molecule has 0 saturated heterocycles. The molecule has 0 aliphatic rings. The smallest absolute Gasteiger partial charge is 0.224 e. The van der Waals surface area contributed by atoms with E-state index in [0.29, 0.717) is 43.2 Å². The second-order valence-corrected chi connectivity index (χ2v) is 4.96. The number of methoxy groups -OCH3 is 1. The molecule has 6 nitrogen and oxygen atoms in total. The van der Waals surface area contributed by atoms with Gasteiger partial charge in [-0.25, -0.2) is 0 Å². The second kappa shape index (κ2) is 8.75. The Balaban J connectivity index is 2.04. The molecule has 3 N–H and O–H groups in total. The minimum Gasteiger partial charge on any atom is -0.493 e. The molecule has 2 rings (SSSR count). The minimum absolute atomic E-state index is 0.0705. The van der Waals surface area contributed by atoms with Crippen molar-refractivity contribution in [3.63, 3.8) is 0 Å². The molecule has 0 aliphatic carbocycles. The molecule has 0 unspecified atom stereocenters. The van der Waals surface area contributed by atoms with Gasteiger partial charge in [0, 0.05) is 36.1 Å². The summed E-state index contributed by atoms with van der Waals surface area (Å²) in [7, 11) is 1.58. The standard InChI is InChI=1S/C17H21N3O3/c1-22-15-7-6-14(20-17(21)5-2-8-18)10-16(15)23-12-13-4-3-9-19-11-13/h3-4,6-7,9-11H,2,5,8,12,18H2,1H3,(H,20,21). The van der Waals surface area contributed by atoms with Crippen LogP contribution < -0.4 is 20.5 Å². The first-order chi connectivity index (χ1) is 11.2. The van der Waals surface area contributed by atoms with Crippen molar-refractivity contribution < 1.29 is 14.3 Å². The van der Waals surface area contributed by atoms with Gasteiger partial charge in [-0.15, -0.1) is 0 Å². The molecule has 0 saturated carbocycles. The Labute approximate surface area is 135 Å². The van der Waals surface area contributed by atoms with Crippen molar-refractivity contribution in [1.29, 1.82) is 0 Å². The first-order valence-corrected chi connectivity index (χ1v) is 7.42. The van der Waals surface area contributed by atoms with Crippen LogP contribution in [0, 0.1) is 0 Å². The number of carbonyl (C=O) groups is 1. The van der Waals surface area contributed by atoms with Gasteiger partial charge in [-0.2, -0.15) is 0 Å². The number of hydrogen-bond donors (Lipinski definition) is 2. The molecular weight excluding hydrogens is 294 g/mol. The Morgan fingerprint density at radius 1 is 1.30 bits per heavy atom. The van der Waals surface area contributed by atoms with E-state index in [-0.39, 0.29) is 5.91 Å². The van der Waals surface area contributed by atoms with Crippen LogP contribution in [0.15, 0.2) is 42.7 Å². The van der Waals surface area contributed by atoms with Crippen LogP contribution in [0.25, 0.3) is 0 Å². The molecule has 0 fully saturated rings. The maximum atomic E-state index is 11.8. The maximum absolute atomic E-state index is 11.8. The van der Waals surface area contributed by atoms with E-state index < -0.39 is 0 Å². The Bertz CT molecular complexity index is 632. The number of ether oxygens (including phenoxy) is 2. The zero-order valence-corrected chi connectivity index (χ0v) is 13.1. The van der Waals surface area contributed by atoms with Gasteiger partial charge in [-0.3, -0.25) is 9.78 Å². The fourth-order valence-corrected chi connectivity index (χ4v) is 2.00. The van der Waals surface area contributed by atoms with Crippen LogP contribution in [0.3, 0.4) is 0 Å². The fourth-order valence-electron chi connectivity index (χ4n) is 2.00.